The van der Waals surface area contributed by atoms with Gasteiger partial charge in [-0.05, 0) is 6.42 Å². The Hall–Kier alpha value is -0.0800. The van der Waals surface area contributed by atoms with Crippen LogP contribution in [0.5, 0.6) is 0 Å². The molecule has 0 aliphatic carbocycles. The summed E-state index contributed by atoms with van der Waals surface area (Å²) in [5.74, 6) is 0. The zero-order chi connectivity index (χ0) is 16.4. The van der Waals surface area contributed by atoms with E-state index in [1.807, 2.05) is 0 Å². The van der Waals surface area contributed by atoms with E-state index in [-0.39, 0.29) is 0 Å². The van der Waals surface area contributed by atoms with Crippen molar-refractivity contribution < 1.29 is 9.47 Å². The first-order valence-electron chi connectivity index (χ1n) is 10.6. The second-order valence-corrected chi connectivity index (χ2v) is 7.37. The molecule has 1 atom stereocenters. The lowest BCUT2D eigenvalue weighted by molar-refractivity contribution is 0.0440. The van der Waals surface area contributed by atoms with Gasteiger partial charge in [0.25, 0.3) is 0 Å². The van der Waals surface area contributed by atoms with E-state index in [2.05, 4.69) is 6.92 Å². The number of hydrogen-bond acceptors (Lipinski definition) is 2. The maximum atomic E-state index is 5.45. The normalized spacial score (nSPS) is 17.9. The van der Waals surface area contributed by atoms with Crippen LogP contribution >= 0.6 is 0 Å². The number of ether oxygens (including phenoxy) is 2. The molecule has 0 amide bonds. The zero-order valence-electron chi connectivity index (χ0n) is 15.8. The molecule has 0 aromatic rings. The highest BCUT2D eigenvalue weighted by Gasteiger charge is 2.14. The number of hydrogen-bond donors (Lipinski definition) is 0. The summed E-state index contributed by atoms with van der Waals surface area (Å²) in [4.78, 5) is 0. The van der Waals surface area contributed by atoms with E-state index >= 15 is 0 Å². The van der Waals surface area contributed by atoms with Crippen LogP contribution in [0.25, 0.3) is 0 Å². The summed E-state index contributed by atoms with van der Waals surface area (Å²) in [6, 6.07) is 0. The first-order valence-corrected chi connectivity index (χ1v) is 10.6. The van der Waals surface area contributed by atoms with Crippen LogP contribution in [0, 0.1) is 0 Å². The van der Waals surface area contributed by atoms with Gasteiger partial charge in [-0.25, -0.2) is 0 Å². The third kappa shape index (κ3) is 14.0. The first kappa shape index (κ1) is 21.0. The van der Waals surface area contributed by atoms with Crippen molar-refractivity contribution >= 4 is 0 Å². The lowest BCUT2D eigenvalue weighted by Crippen LogP contribution is -2.08. The van der Waals surface area contributed by atoms with Crippen LogP contribution in [0.2, 0.25) is 0 Å². The van der Waals surface area contributed by atoms with Gasteiger partial charge in [0, 0.05) is 0 Å². The zero-order valence-corrected chi connectivity index (χ0v) is 15.8. The molecule has 0 spiro atoms. The van der Waals surface area contributed by atoms with Gasteiger partial charge in [-0.1, -0.05) is 110 Å². The minimum atomic E-state index is 0.390. The molecule has 0 bridgehead atoms. The van der Waals surface area contributed by atoms with Crippen molar-refractivity contribution in [3.8, 4) is 0 Å². The summed E-state index contributed by atoms with van der Waals surface area (Å²) in [6.07, 6.45) is 24.5. The molecule has 1 saturated heterocycles. The Morgan fingerprint density at radius 1 is 0.609 bits per heavy atom. The molecule has 23 heavy (non-hydrogen) atoms. The molecule has 1 unspecified atom stereocenters. The third-order valence-corrected chi connectivity index (χ3v) is 5.07. The topological polar surface area (TPSA) is 18.5 Å². The summed E-state index contributed by atoms with van der Waals surface area (Å²) in [5.41, 5.74) is 0. The maximum absolute atomic E-state index is 5.45. The van der Waals surface area contributed by atoms with Crippen molar-refractivity contribution in [3.63, 3.8) is 0 Å². The van der Waals surface area contributed by atoms with Gasteiger partial charge in [0.15, 0.2) is 0 Å². The molecule has 2 nitrogen and oxygen atoms in total. The maximum Gasteiger partial charge on any atom is 0.147 e. The lowest BCUT2D eigenvalue weighted by atomic mass is 10.0. The van der Waals surface area contributed by atoms with Crippen LogP contribution in [0.1, 0.15) is 116 Å². The predicted octanol–water partition coefficient (Wildman–Crippen LogP) is 7.01. The van der Waals surface area contributed by atoms with Crippen LogP contribution in [0.3, 0.4) is 0 Å². The average Bonchev–Trinajstić information content (AvgIpc) is 3.08. The molecule has 1 fully saturated rings. The Kier molecular flexibility index (Phi) is 15.3. The lowest BCUT2D eigenvalue weighted by Gasteiger charge is -2.06. The van der Waals surface area contributed by atoms with E-state index in [1.165, 1.54) is 109 Å². The van der Waals surface area contributed by atoms with E-state index in [0.717, 1.165) is 6.61 Å². The fraction of sp³-hybridized carbons (Fsp3) is 1.00. The molecule has 1 aliphatic heterocycles. The molecule has 1 heterocycles. The standard InChI is InChI=1S/C21H42O2/c1-2-3-4-5-6-7-8-9-10-11-12-13-14-15-16-17-18-21-19-22-20-23-21/h21H,2-20H2,1H3. The molecule has 2 heteroatoms. The Morgan fingerprint density at radius 3 is 1.43 bits per heavy atom. The highest BCUT2D eigenvalue weighted by molar-refractivity contribution is 4.60. The Bertz CT molecular complexity index is 224. The van der Waals surface area contributed by atoms with Gasteiger partial charge >= 0.3 is 0 Å². The van der Waals surface area contributed by atoms with E-state index in [0.29, 0.717) is 12.9 Å². The van der Waals surface area contributed by atoms with Crippen LogP contribution in [-0.4, -0.2) is 19.5 Å². The molecule has 0 aromatic heterocycles. The van der Waals surface area contributed by atoms with E-state index < -0.39 is 0 Å². The first-order chi connectivity index (χ1) is 11.4. The smallest absolute Gasteiger partial charge is 0.147 e. The SMILES string of the molecule is CCCCCCCCCCCCCCCCCCC1COCO1. The van der Waals surface area contributed by atoms with Crippen LogP contribution in [0.4, 0.5) is 0 Å². The molecule has 138 valence electrons. The second kappa shape index (κ2) is 16.8. The summed E-state index contributed by atoms with van der Waals surface area (Å²) in [5, 5.41) is 0. The Labute approximate surface area is 145 Å². The molecule has 0 N–H and O–H groups in total. The second-order valence-electron chi connectivity index (χ2n) is 7.37. The van der Waals surface area contributed by atoms with Crippen molar-refractivity contribution in [1.82, 2.24) is 0 Å². The largest absolute Gasteiger partial charge is 0.353 e. The highest BCUT2D eigenvalue weighted by atomic mass is 16.7. The van der Waals surface area contributed by atoms with Crippen molar-refractivity contribution in [2.75, 3.05) is 13.4 Å². The van der Waals surface area contributed by atoms with Crippen LogP contribution in [0.15, 0.2) is 0 Å². The van der Waals surface area contributed by atoms with Crippen LogP contribution in [-0.2, 0) is 9.47 Å². The van der Waals surface area contributed by atoms with Crippen molar-refractivity contribution in [3.05, 3.63) is 0 Å². The fourth-order valence-electron chi connectivity index (χ4n) is 3.46. The molecular weight excluding hydrogens is 284 g/mol. The number of unbranched alkanes of at least 4 members (excludes halogenated alkanes) is 15. The van der Waals surface area contributed by atoms with Gasteiger partial charge in [0.2, 0.25) is 0 Å². The number of rotatable bonds is 17. The van der Waals surface area contributed by atoms with Gasteiger partial charge in [-0.2, -0.15) is 0 Å². The molecule has 1 rings (SSSR count). The molecular formula is C21H42O2. The van der Waals surface area contributed by atoms with E-state index in [9.17, 15) is 0 Å². The van der Waals surface area contributed by atoms with E-state index in [4.69, 9.17) is 9.47 Å². The Balaban J connectivity index is 1.64. The highest BCUT2D eigenvalue weighted by Crippen LogP contribution is 2.15. The van der Waals surface area contributed by atoms with Gasteiger partial charge in [0.1, 0.15) is 6.79 Å². The third-order valence-electron chi connectivity index (χ3n) is 5.07. The molecule has 0 radical (unpaired) electrons. The fourth-order valence-corrected chi connectivity index (χ4v) is 3.46. The molecule has 0 saturated carbocycles. The van der Waals surface area contributed by atoms with E-state index in [1.54, 1.807) is 0 Å². The van der Waals surface area contributed by atoms with Crippen molar-refractivity contribution in [2.45, 2.75) is 122 Å². The summed E-state index contributed by atoms with van der Waals surface area (Å²) < 4.78 is 10.7. The molecule has 0 aromatic carbocycles. The minimum Gasteiger partial charge on any atom is -0.353 e. The van der Waals surface area contributed by atoms with Crippen LogP contribution < -0.4 is 0 Å². The molecule has 1 aliphatic rings. The quantitative estimate of drug-likeness (QED) is 0.268. The van der Waals surface area contributed by atoms with Gasteiger partial charge in [0.05, 0.1) is 12.7 Å². The summed E-state index contributed by atoms with van der Waals surface area (Å²) in [7, 11) is 0. The Morgan fingerprint density at radius 2 is 1.04 bits per heavy atom. The average molecular weight is 327 g/mol. The van der Waals surface area contributed by atoms with Crippen molar-refractivity contribution in [1.29, 1.82) is 0 Å². The summed E-state index contributed by atoms with van der Waals surface area (Å²) >= 11 is 0. The van der Waals surface area contributed by atoms with Crippen molar-refractivity contribution in [2.24, 2.45) is 0 Å². The predicted molar refractivity (Wildman–Crippen MR) is 99.9 cm³/mol. The monoisotopic (exact) mass is 326 g/mol. The van der Waals surface area contributed by atoms with Gasteiger partial charge in [-0.3, -0.25) is 0 Å². The minimum absolute atomic E-state index is 0.390. The summed E-state index contributed by atoms with van der Waals surface area (Å²) in [6.45, 7) is 3.63. The van der Waals surface area contributed by atoms with Gasteiger partial charge < -0.3 is 9.47 Å². The van der Waals surface area contributed by atoms with Gasteiger partial charge in [-0.15, -0.1) is 0 Å².